The van der Waals surface area contributed by atoms with Gasteiger partial charge in [-0.15, -0.1) is 0 Å². The van der Waals surface area contributed by atoms with Crippen molar-refractivity contribution in [2.75, 3.05) is 0 Å². The molecule has 2 aromatic carbocycles. The quantitative estimate of drug-likeness (QED) is 0.333. The lowest BCUT2D eigenvalue weighted by atomic mass is 9.92. The largest absolute Gasteiger partial charge is 0.352 e. The molecule has 0 saturated heterocycles. The van der Waals surface area contributed by atoms with Crippen LogP contribution in [0.5, 0.6) is 0 Å². The van der Waals surface area contributed by atoms with Crippen LogP contribution in [0, 0.1) is 13.8 Å². The van der Waals surface area contributed by atoms with E-state index in [4.69, 9.17) is 0 Å². The van der Waals surface area contributed by atoms with E-state index in [1.807, 2.05) is 56.2 Å². The predicted molar refractivity (Wildman–Crippen MR) is 165 cm³/mol. The van der Waals surface area contributed by atoms with Crippen molar-refractivity contribution in [3.63, 3.8) is 0 Å². The van der Waals surface area contributed by atoms with Gasteiger partial charge in [0.25, 0.3) is 0 Å². The predicted octanol–water partition coefficient (Wildman–Crippen LogP) is 4.03. The minimum atomic E-state index is 0.0824. The number of nitrogens with one attached hydrogen (secondary N) is 2. The molecule has 0 fully saturated rings. The van der Waals surface area contributed by atoms with Gasteiger partial charge in [0.15, 0.2) is 0 Å². The van der Waals surface area contributed by atoms with Gasteiger partial charge in [0, 0.05) is 66.0 Å². The molecule has 0 spiro atoms. The van der Waals surface area contributed by atoms with Crippen LogP contribution in [0.15, 0.2) is 65.9 Å². The lowest BCUT2D eigenvalue weighted by Gasteiger charge is -2.18. The summed E-state index contributed by atoms with van der Waals surface area (Å²) in [5, 5.41) is 11.6. The molecule has 214 valence electrons. The third-order valence-electron chi connectivity index (χ3n) is 8.25. The van der Waals surface area contributed by atoms with Crippen LogP contribution < -0.4 is 10.6 Å². The molecule has 8 rings (SSSR count). The van der Waals surface area contributed by atoms with Gasteiger partial charge in [-0.1, -0.05) is 6.07 Å². The molecule has 9 nitrogen and oxygen atoms in total. The number of fused-ring (bicyclic) bond motifs is 4. The molecule has 9 heteroatoms. The van der Waals surface area contributed by atoms with E-state index in [0.717, 1.165) is 56.0 Å². The second-order valence-corrected chi connectivity index (χ2v) is 11.3. The summed E-state index contributed by atoms with van der Waals surface area (Å²) in [5.74, 6) is 0.186. The molecular weight excluding hydrogens is 538 g/mol. The van der Waals surface area contributed by atoms with E-state index in [1.54, 1.807) is 0 Å². The first-order valence-electron chi connectivity index (χ1n) is 14.4. The Morgan fingerprint density at radius 3 is 2.05 bits per heavy atom. The molecule has 2 amide bonds. The van der Waals surface area contributed by atoms with E-state index < -0.39 is 0 Å². The second-order valence-electron chi connectivity index (χ2n) is 11.3. The summed E-state index contributed by atoms with van der Waals surface area (Å²) in [4.78, 5) is 36.3. The molecule has 6 heterocycles. The van der Waals surface area contributed by atoms with Crippen LogP contribution in [0.4, 0.5) is 0 Å². The van der Waals surface area contributed by atoms with Gasteiger partial charge in [-0.25, -0.2) is 0 Å². The smallest absolute Gasteiger partial charge is 0.224 e. The molecule has 3 aliphatic heterocycles. The van der Waals surface area contributed by atoms with E-state index in [2.05, 4.69) is 61.0 Å². The lowest BCUT2D eigenvalue weighted by molar-refractivity contribution is -0.121. The van der Waals surface area contributed by atoms with Crippen molar-refractivity contribution in [2.45, 2.75) is 46.3 Å². The molecule has 0 aliphatic carbocycles. The van der Waals surface area contributed by atoms with Crippen molar-refractivity contribution in [3.05, 3.63) is 111 Å². The van der Waals surface area contributed by atoms with Gasteiger partial charge in [0.2, 0.25) is 11.8 Å². The number of aryl methyl sites for hydroxylation is 3. The van der Waals surface area contributed by atoms with Crippen LogP contribution in [-0.4, -0.2) is 37.3 Å². The number of carbonyl (C=O) groups excluding carboxylic acids is 2. The summed E-state index contributed by atoms with van der Waals surface area (Å²) in [6.45, 7) is 5.87. The van der Waals surface area contributed by atoms with Crippen molar-refractivity contribution < 1.29 is 9.59 Å². The fourth-order valence-electron chi connectivity index (χ4n) is 6.10. The average molecular weight is 570 g/mol. The third kappa shape index (κ3) is 5.07. The van der Waals surface area contributed by atoms with Crippen molar-refractivity contribution in [1.82, 2.24) is 30.4 Å². The van der Waals surface area contributed by atoms with E-state index in [1.165, 1.54) is 22.3 Å². The highest BCUT2D eigenvalue weighted by Gasteiger charge is 2.23. The van der Waals surface area contributed by atoms with Crippen molar-refractivity contribution in [3.8, 4) is 11.3 Å². The molecular formula is C34H31N7O2. The van der Waals surface area contributed by atoms with Crippen LogP contribution in [0.2, 0.25) is 0 Å². The zero-order valence-electron chi connectivity index (χ0n) is 24.4. The van der Waals surface area contributed by atoms with Crippen LogP contribution in [0.1, 0.15) is 50.3 Å². The average Bonchev–Trinajstić information content (AvgIpc) is 3.55. The Hall–Kier alpha value is -5.18. The number of benzene rings is 2. The lowest BCUT2D eigenvalue weighted by Crippen LogP contribution is -2.30. The summed E-state index contributed by atoms with van der Waals surface area (Å²) in [6.07, 6.45) is 4.56. The Labute approximate surface area is 249 Å². The third-order valence-corrected chi connectivity index (χ3v) is 8.25. The standard InChI is InChI=1S/C17H16N4O.C17H15N3O/c1-10-5-11(3-4-18-10)17-14-6-13-9-19-16(22)8-12(13)7-15(14)21(2)20-17;1-10-4-11(2-3-18-10)17-15-6-13-8-19-16(21)7-12(13)5-14(15)9-20-17/h3-7H,8-9H2,1-2H3,(H,19,22);2-6H,7-9H2,1H3,(H,19,21). The van der Waals surface area contributed by atoms with Crippen molar-refractivity contribution in [1.29, 1.82) is 0 Å². The summed E-state index contributed by atoms with van der Waals surface area (Å²) in [5.41, 5.74) is 14.2. The van der Waals surface area contributed by atoms with Gasteiger partial charge in [0.1, 0.15) is 5.69 Å². The molecule has 5 aromatic rings. The van der Waals surface area contributed by atoms with Gasteiger partial charge in [-0.2, -0.15) is 5.10 Å². The van der Waals surface area contributed by atoms with Crippen LogP contribution in [0.25, 0.3) is 22.2 Å². The maximum atomic E-state index is 11.6. The molecule has 3 aliphatic rings. The summed E-state index contributed by atoms with van der Waals surface area (Å²) in [6, 6.07) is 16.7. The van der Waals surface area contributed by atoms with Crippen molar-refractivity contribution >= 4 is 28.4 Å². The normalized spacial score (nSPS) is 15.0. The number of rotatable bonds is 2. The Morgan fingerprint density at radius 2 is 1.35 bits per heavy atom. The zero-order valence-corrected chi connectivity index (χ0v) is 24.4. The molecule has 0 atom stereocenters. The Morgan fingerprint density at radius 1 is 0.721 bits per heavy atom. The number of aromatic nitrogens is 4. The van der Waals surface area contributed by atoms with E-state index in [9.17, 15) is 9.59 Å². The number of amides is 2. The Balaban J connectivity index is 0.000000140. The number of carbonyl (C=O) groups is 2. The van der Waals surface area contributed by atoms with Crippen LogP contribution >= 0.6 is 0 Å². The number of pyridine rings is 2. The summed E-state index contributed by atoms with van der Waals surface area (Å²) in [7, 11) is 1.94. The highest BCUT2D eigenvalue weighted by atomic mass is 16.2. The summed E-state index contributed by atoms with van der Waals surface area (Å²) < 4.78 is 1.88. The first-order chi connectivity index (χ1) is 20.8. The van der Waals surface area contributed by atoms with Gasteiger partial charge in [-0.05, 0) is 84.1 Å². The maximum Gasteiger partial charge on any atom is 0.224 e. The van der Waals surface area contributed by atoms with Gasteiger partial charge in [-0.3, -0.25) is 29.2 Å². The molecule has 0 unspecified atom stereocenters. The Kier molecular flexibility index (Phi) is 6.57. The fourth-order valence-corrected chi connectivity index (χ4v) is 6.10. The van der Waals surface area contributed by atoms with E-state index in [-0.39, 0.29) is 11.8 Å². The molecule has 0 bridgehead atoms. The SMILES string of the molecule is Cc1cc(-c2nn(C)c3cc4c(cc23)CNC(=O)C4)ccn1.Cc1cc(C2=NCc3cc4c(cc32)CNC(=O)C4)ccn1. The second kappa shape index (κ2) is 10.6. The number of hydrogen-bond donors (Lipinski definition) is 2. The molecule has 43 heavy (non-hydrogen) atoms. The first-order valence-corrected chi connectivity index (χ1v) is 14.4. The highest BCUT2D eigenvalue weighted by Crippen LogP contribution is 2.31. The molecule has 2 N–H and O–H groups in total. The van der Waals surface area contributed by atoms with Gasteiger partial charge < -0.3 is 10.6 Å². The minimum Gasteiger partial charge on any atom is -0.352 e. The topological polar surface area (TPSA) is 114 Å². The Bertz CT molecular complexity index is 1990. The monoisotopic (exact) mass is 569 g/mol. The highest BCUT2D eigenvalue weighted by molar-refractivity contribution is 6.15. The van der Waals surface area contributed by atoms with E-state index in [0.29, 0.717) is 32.5 Å². The maximum absolute atomic E-state index is 11.6. The van der Waals surface area contributed by atoms with Crippen LogP contribution in [0.3, 0.4) is 0 Å². The van der Waals surface area contributed by atoms with Crippen LogP contribution in [-0.2, 0) is 49.1 Å². The zero-order chi connectivity index (χ0) is 29.7. The number of aliphatic imine (C=N–C) groups is 1. The fraction of sp³-hybridized carbons (Fsp3) is 0.235. The molecule has 0 radical (unpaired) electrons. The van der Waals surface area contributed by atoms with E-state index >= 15 is 0 Å². The summed E-state index contributed by atoms with van der Waals surface area (Å²) >= 11 is 0. The molecule has 0 saturated carbocycles. The minimum absolute atomic E-state index is 0.0824. The first kappa shape index (κ1) is 26.7. The number of nitrogens with zero attached hydrogens (tertiary/aromatic N) is 5. The molecule has 3 aromatic heterocycles. The number of hydrogen-bond acceptors (Lipinski definition) is 6. The van der Waals surface area contributed by atoms with Gasteiger partial charge >= 0.3 is 0 Å². The van der Waals surface area contributed by atoms with Gasteiger partial charge in [0.05, 0.1) is 30.6 Å². The van der Waals surface area contributed by atoms with Crippen molar-refractivity contribution in [2.24, 2.45) is 12.0 Å².